The molecule has 6 heteroatoms. The smallest absolute Gasteiger partial charge is 0.354 e. The molecular formula is C12H12N4O2. The molecule has 0 radical (unpaired) electrons. The molecule has 0 aromatic carbocycles. The van der Waals surface area contributed by atoms with E-state index in [1.807, 2.05) is 0 Å². The van der Waals surface area contributed by atoms with Crippen molar-refractivity contribution in [2.75, 3.05) is 19.0 Å². The van der Waals surface area contributed by atoms with Crippen LogP contribution in [0.4, 0.5) is 5.82 Å². The highest BCUT2D eigenvalue weighted by Crippen LogP contribution is 2.18. The molecule has 2 aromatic heterocycles. The number of hydrogen-bond donors (Lipinski definition) is 1. The molecule has 6 nitrogen and oxygen atoms in total. The molecule has 0 saturated carbocycles. The number of carboxylic acid groups (broad SMARTS) is 1. The Bertz CT molecular complexity index is 570. The Morgan fingerprint density at radius 1 is 1.22 bits per heavy atom. The molecule has 0 aliphatic carbocycles. The molecule has 0 aliphatic heterocycles. The second-order valence-corrected chi connectivity index (χ2v) is 3.87. The highest BCUT2D eigenvalue weighted by Gasteiger charge is 2.12. The summed E-state index contributed by atoms with van der Waals surface area (Å²) in [6.07, 6.45) is 3.23. The minimum atomic E-state index is -1.07. The highest BCUT2D eigenvalue weighted by molar-refractivity contribution is 5.87. The van der Waals surface area contributed by atoms with Gasteiger partial charge in [-0.1, -0.05) is 0 Å². The van der Waals surface area contributed by atoms with Crippen LogP contribution in [0.3, 0.4) is 0 Å². The van der Waals surface area contributed by atoms with Gasteiger partial charge in [0.05, 0.1) is 0 Å². The Balaban J connectivity index is 2.57. The van der Waals surface area contributed by atoms with Crippen LogP contribution in [0, 0.1) is 0 Å². The molecule has 0 spiro atoms. The Kier molecular flexibility index (Phi) is 3.18. The maximum Gasteiger partial charge on any atom is 0.354 e. The van der Waals surface area contributed by atoms with Crippen LogP contribution in [-0.4, -0.2) is 40.1 Å². The average molecular weight is 244 g/mol. The summed E-state index contributed by atoms with van der Waals surface area (Å²) >= 11 is 0. The Morgan fingerprint density at radius 2 is 1.89 bits per heavy atom. The Hall–Kier alpha value is -2.50. The van der Waals surface area contributed by atoms with E-state index in [9.17, 15) is 4.79 Å². The van der Waals surface area contributed by atoms with Crippen molar-refractivity contribution in [2.45, 2.75) is 0 Å². The lowest BCUT2D eigenvalue weighted by atomic mass is 10.2. The van der Waals surface area contributed by atoms with Gasteiger partial charge in [0.15, 0.2) is 11.5 Å². The van der Waals surface area contributed by atoms with E-state index in [0.29, 0.717) is 11.6 Å². The van der Waals surface area contributed by atoms with Gasteiger partial charge in [-0.25, -0.2) is 14.8 Å². The summed E-state index contributed by atoms with van der Waals surface area (Å²) in [6, 6.07) is 4.91. The van der Waals surface area contributed by atoms with E-state index in [0.717, 1.165) is 5.56 Å². The van der Waals surface area contributed by atoms with Gasteiger partial charge in [-0.2, -0.15) is 0 Å². The van der Waals surface area contributed by atoms with Gasteiger partial charge in [0.25, 0.3) is 0 Å². The van der Waals surface area contributed by atoms with Crippen molar-refractivity contribution in [3.8, 4) is 11.4 Å². The third-order valence-corrected chi connectivity index (χ3v) is 2.33. The molecule has 0 atom stereocenters. The minimum Gasteiger partial charge on any atom is -0.477 e. The Morgan fingerprint density at radius 3 is 2.44 bits per heavy atom. The van der Waals surface area contributed by atoms with E-state index < -0.39 is 5.97 Å². The molecule has 2 heterocycles. The summed E-state index contributed by atoms with van der Waals surface area (Å²) in [5.41, 5.74) is 0.705. The zero-order valence-electron chi connectivity index (χ0n) is 10.0. The first kappa shape index (κ1) is 12.0. The molecule has 2 rings (SSSR count). The first-order chi connectivity index (χ1) is 8.58. The van der Waals surface area contributed by atoms with Gasteiger partial charge in [0.2, 0.25) is 0 Å². The van der Waals surface area contributed by atoms with Gasteiger partial charge in [-0.3, -0.25) is 4.98 Å². The van der Waals surface area contributed by atoms with Crippen LogP contribution in [0.5, 0.6) is 0 Å². The molecule has 0 unspecified atom stereocenters. The summed E-state index contributed by atoms with van der Waals surface area (Å²) in [7, 11) is 3.59. The summed E-state index contributed by atoms with van der Waals surface area (Å²) in [6.45, 7) is 0. The lowest BCUT2D eigenvalue weighted by Crippen LogP contribution is -2.14. The molecule has 1 N–H and O–H groups in total. The van der Waals surface area contributed by atoms with Crippen molar-refractivity contribution < 1.29 is 9.90 Å². The molecule has 0 amide bonds. The van der Waals surface area contributed by atoms with E-state index in [1.165, 1.54) is 6.07 Å². The van der Waals surface area contributed by atoms with Crippen molar-refractivity contribution in [1.82, 2.24) is 15.0 Å². The van der Waals surface area contributed by atoms with Crippen LogP contribution in [0.25, 0.3) is 11.4 Å². The zero-order valence-corrected chi connectivity index (χ0v) is 10.0. The third kappa shape index (κ3) is 2.42. The number of carboxylic acids is 1. The van der Waals surface area contributed by atoms with E-state index in [-0.39, 0.29) is 5.69 Å². The third-order valence-electron chi connectivity index (χ3n) is 2.33. The monoisotopic (exact) mass is 244 g/mol. The largest absolute Gasteiger partial charge is 0.477 e. The first-order valence-corrected chi connectivity index (χ1v) is 5.28. The zero-order chi connectivity index (χ0) is 13.1. The van der Waals surface area contributed by atoms with E-state index >= 15 is 0 Å². The van der Waals surface area contributed by atoms with Gasteiger partial charge in [0, 0.05) is 38.1 Å². The fourth-order valence-electron chi connectivity index (χ4n) is 1.40. The summed E-state index contributed by atoms with van der Waals surface area (Å²) in [5, 5.41) is 9.04. The standard InChI is InChI=1S/C12H12N4O2/c1-16(2)10-7-9(12(17)18)14-11(15-10)8-3-5-13-6-4-8/h3-7H,1-2H3,(H,17,18). The summed E-state index contributed by atoms with van der Waals surface area (Å²) < 4.78 is 0. The molecule has 0 fully saturated rings. The number of pyridine rings is 1. The minimum absolute atomic E-state index is 0.0273. The lowest BCUT2D eigenvalue weighted by Gasteiger charge is -2.13. The SMILES string of the molecule is CN(C)c1cc(C(=O)O)nc(-c2ccncc2)n1. The van der Waals surface area contributed by atoms with Crippen LogP contribution >= 0.6 is 0 Å². The van der Waals surface area contributed by atoms with Crippen LogP contribution < -0.4 is 4.90 Å². The van der Waals surface area contributed by atoms with E-state index in [4.69, 9.17) is 5.11 Å². The van der Waals surface area contributed by atoms with E-state index in [1.54, 1.807) is 43.5 Å². The summed E-state index contributed by atoms with van der Waals surface area (Å²) in [5.74, 6) is -0.147. The fraction of sp³-hybridized carbons (Fsp3) is 0.167. The van der Waals surface area contributed by atoms with Crippen molar-refractivity contribution in [1.29, 1.82) is 0 Å². The van der Waals surface area contributed by atoms with Gasteiger partial charge < -0.3 is 10.0 Å². The second kappa shape index (κ2) is 4.79. The average Bonchev–Trinajstić information content (AvgIpc) is 2.39. The molecule has 2 aromatic rings. The van der Waals surface area contributed by atoms with Crippen molar-refractivity contribution in [3.63, 3.8) is 0 Å². The fourth-order valence-corrected chi connectivity index (χ4v) is 1.40. The number of rotatable bonds is 3. The molecule has 0 bridgehead atoms. The van der Waals surface area contributed by atoms with Crippen LogP contribution in [0.2, 0.25) is 0 Å². The molecular weight excluding hydrogens is 232 g/mol. The van der Waals surface area contributed by atoms with Gasteiger partial charge >= 0.3 is 5.97 Å². The molecule has 92 valence electrons. The quantitative estimate of drug-likeness (QED) is 0.876. The van der Waals surface area contributed by atoms with Gasteiger partial charge in [0.1, 0.15) is 5.82 Å². The first-order valence-electron chi connectivity index (χ1n) is 5.28. The van der Waals surface area contributed by atoms with Crippen molar-refractivity contribution in [3.05, 3.63) is 36.3 Å². The Labute approximate surface area is 104 Å². The number of aromatic carboxylic acids is 1. The predicted molar refractivity (Wildman–Crippen MR) is 66.5 cm³/mol. The highest BCUT2D eigenvalue weighted by atomic mass is 16.4. The van der Waals surface area contributed by atoms with Crippen molar-refractivity contribution >= 4 is 11.8 Å². The van der Waals surface area contributed by atoms with Crippen molar-refractivity contribution in [2.24, 2.45) is 0 Å². The number of nitrogens with zero attached hydrogens (tertiary/aromatic N) is 4. The van der Waals surface area contributed by atoms with Crippen LogP contribution in [0.1, 0.15) is 10.5 Å². The molecule has 0 aliphatic rings. The maximum atomic E-state index is 11.0. The predicted octanol–water partition coefficient (Wildman–Crippen LogP) is 1.30. The number of carbonyl (C=O) groups is 1. The van der Waals surface area contributed by atoms with Crippen LogP contribution in [0.15, 0.2) is 30.6 Å². The van der Waals surface area contributed by atoms with Crippen LogP contribution in [-0.2, 0) is 0 Å². The lowest BCUT2D eigenvalue weighted by molar-refractivity contribution is 0.0690. The van der Waals surface area contributed by atoms with E-state index in [2.05, 4.69) is 15.0 Å². The second-order valence-electron chi connectivity index (χ2n) is 3.87. The number of hydrogen-bond acceptors (Lipinski definition) is 5. The topological polar surface area (TPSA) is 79.2 Å². The molecule has 0 saturated heterocycles. The van der Waals surface area contributed by atoms with Gasteiger partial charge in [-0.15, -0.1) is 0 Å². The maximum absolute atomic E-state index is 11.0. The number of anilines is 1. The molecule has 18 heavy (non-hydrogen) atoms. The van der Waals surface area contributed by atoms with Gasteiger partial charge in [-0.05, 0) is 12.1 Å². The normalized spacial score (nSPS) is 10.1. The summed E-state index contributed by atoms with van der Waals surface area (Å²) in [4.78, 5) is 25.0. The number of aromatic nitrogens is 3.